The van der Waals surface area contributed by atoms with E-state index in [1.807, 2.05) is 24.1 Å². The number of hydrogen-bond acceptors (Lipinski definition) is 10. The van der Waals surface area contributed by atoms with Crippen LogP contribution in [0.25, 0.3) is 6.08 Å². The molecule has 2 aliphatic heterocycles. The summed E-state index contributed by atoms with van der Waals surface area (Å²) in [5.74, 6) is 0.777. The van der Waals surface area contributed by atoms with Crippen LogP contribution in [0.2, 0.25) is 0 Å². The average Bonchev–Trinajstić information content (AvgIpc) is 2.98. The maximum absolute atomic E-state index is 12.0. The van der Waals surface area contributed by atoms with Crippen LogP contribution in [0.1, 0.15) is 12.1 Å². The molecule has 2 N–H and O–H groups in total. The molecule has 0 aliphatic carbocycles. The van der Waals surface area contributed by atoms with E-state index in [9.17, 15) is 14.7 Å². The second kappa shape index (κ2) is 9.96. The van der Waals surface area contributed by atoms with Crippen molar-refractivity contribution < 1.29 is 14.7 Å². The minimum absolute atomic E-state index is 0.0103. The normalized spacial score (nSPS) is 18.1. The van der Waals surface area contributed by atoms with Gasteiger partial charge < -0.3 is 19.8 Å². The number of likely N-dealkylation sites (N-methyl/N-ethyl adjacent to an activating group) is 1. The number of thioether (sulfide) groups is 1. The van der Waals surface area contributed by atoms with Gasteiger partial charge in [-0.05, 0) is 36.4 Å². The third kappa shape index (κ3) is 5.17. The van der Waals surface area contributed by atoms with E-state index in [4.69, 9.17) is 4.98 Å². The number of nitrogens with zero attached hydrogens (tertiary/aromatic N) is 6. The van der Waals surface area contributed by atoms with Crippen molar-refractivity contribution in [3.05, 3.63) is 41.2 Å². The number of carbonyl (C=O) groups is 2. The van der Waals surface area contributed by atoms with E-state index in [1.54, 1.807) is 24.5 Å². The summed E-state index contributed by atoms with van der Waals surface area (Å²) in [6, 6.07) is 5.77. The van der Waals surface area contributed by atoms with Gasteiger partial charge in [-0.2, -0.15) is 4.98 Å². The van der Waals surface area contributed by atoms with Crippen molar-refractivity contribution in [2.45, 2.75) is 6.42 Å². The number of aliphatic hydroxyl groups is 1. The van der Waals surface area contributed by atoms with Gasteiger partial charge in [0.05, 0.1) is 17.2 Å². The van der Waals surface area contributed by atoms with Gasteiger partial charge in [0.25, 0.3) is 11.1 Å². The predicted molar refractivity (Wildman–Crippen MR) is 125 cm³/mol. The number of pyridine rings is 1. The van der Waals surface area contributed by atoms with Crippen LogP contribution in [0, 0.1) is 0 Å². The molecule has 0 saturated carbocycles. The number of anilines is 3. The molecule has 10 nitrogen and oxygen atoms in total. The first-order valence-corrected chi connectivity index (χ1v) is 11.2. The highest BCUT2D eigenvalue weighted by molar-refractivity contribution is 8.18. The van der Waals surface area contributed by atoms with E-state index in [0.717, 1.165) is 50.0 Å². The molecule has 2 aliphatic rings. The Morgan fingerprint density at radius 2 is 1.91 bits per heavy atom. The van der Waals surface area contributed by atoms with E-state index < -0.39 is 11.1 Å². The van der Waals surface area contributed by atoms with Crippen LogP contribution in [0.15, 0.2) is 35.5 Å². The standard InChI is InChI=1S/C21H25N7O3S/c1-26(11-12-29)18-14-15(13-17-19(30)25-21(31)32-17)23-20(24-18)28-8-2-7-27(9-10-28)16-3-5-22-6-4-16/h3-6,13-14,29H,2,7-12H2,1H3,(H,25,30,31). The van der Waals surface area contributed by atoms with Gasteiger partial charge in [0, 0.05) is 63.9 Å². The Balaban J connectivity index is 1.60. The molecule has 168 valence electrons. The van der Waals surface area contributed by atoms with Gasteiger partial charge >= 0.3 is 0 Å². The molecular formula is C21H25N7O3S. The van der Waals surface area contributed by atoms with Crippen LogP contribution in [0.3, 0.4) is 0 Å². The summed E-state index contributed by atoms with van der Waals surface area (Å²) in [6.45, 7) is 3.66. The number of rotatable bonds is 6. The summed E-state index contributed by atoms with van der Waals surface area (Å²) in [6.07, 6.45) is 6.13. The summed E-state index contributed by atoms with van der Waals surface area (Å²) in [5, 5.41) is 11.2. The largest absolute Gasteiger partial charge is 0.395 e. The summed E-state index contributed by atoms with van der Waals surface area (Å²) >= 11 is 0.858. The fraction of sp³-hybridized carbons (Fsp3) is 0.381. The van der Waals surface area contributed by atoms with Crippen molar-refractivity contribution in [3.63, 3.8) is 0 Å². The lowest BCUT2D eigenvalue weighted by atomic mass is 10.3. The molecule has 2 amide bonds. The average molecular weight is 456 g/mol. The van der Waals surface area contributed by atoms with Crippen LogP contribution in [0.5, 0.6) is 0 Å². The van der Waals surface area contributed by atoms with Crippen LogP contribution >= 0.6 is 11.8 Å². The van der Waals surface area contributed by atoms with Gasteiger partial charge in [0.15, 0.2) is 0 Å². The predicted octanol–water partition coefficient (Wildman–Crippen LogP) is 1.34. The fourth-order valence-corrected chi connectivity index (χ4v) is 4.27. The maximum Gasteiger partial charge on any atom is 0.290 e. The molecule has 0 atom stereocenters. The Kier molecular flexibility index (Phi) is 6.86. The minimum atomic E-state index is -0.423. The first-order chi connectivity index (χ1) is 15.5. The Morgan fingerprint density at radius 1 is 1.16 bits per heavy atom. The topological polar surface area (TPSA) is 115 Å². The molecule has 2 fully saturated rings. The first kappa shape index (κ1) is 22.0. The molecule has 0 aromatic carbocycles. The number of carbonyl (C=O) groups excluding carboxylic acids is 2. The van der Waals surface area contributed by atoms with Crippen LogP contribution in [-0.2, 0) is 4.79 Å². The third-order valence-corrected chi connectivity index (χ3v) is 6.09. The molecule has 0 radical (unpaired) electrons. The lowest BCUT2D eigenvalue weighted by Crippen LogP contribution is -2.32. The zero-order valence-corrected chi connectivity index (χ0v) is 18.6. The van der Waals surface area contributed by atoms with Crippen LogP contribution in [-0.4, -0.2) is 77.6 Å². The molecule has 0 spiro atoms. The third-order valence-electron chi connectivity index (χ3n) is 5.27. The van der Waals surface area contributed by atoms with Crippen molar-refractivity contribution in [1.29, 1.82) is 0 Å². The highest BCUT2D eigenvalue weighted by Gasteiger charge is 2.26. The van der Waals surface area contributed by atoms with Crippen LogP contribution < -0.4 is 20.0 Å². The molecule has 4 heterocycles. The van der Waals surface area contributed by atoms with Gasteiger partial charge in [-0.15, -0.1) is 0 Å². The summed E-state index contributed by atoms with van der Waals surface area (Å²) in [5.41, 5.74) is 1.68. The number of hydrogen-bond donors (Lipinski definition) is 2. The minimum Gasteiger partial charge on any atom is -0.395 e. The SMILES string of the molecule is CN(CCO)c1cc(C=C2SC(=O)NC2=O)nc(N2CCCN(c3ccncc3)CC2)n1. The maximum atomic E-state index is 12.0. The second-order valence-electron chi connectivity index (χ2n) is 7.48. The van der Waals surface area contributed by atoms with Gasteiger partial charge in [-0.3, -0.25) is 19.9 Å². The fourth-order valence-electron chi connectivity index (χ4n) is 3.60. The number of nitrogens with one attached hydrogen (secondary N) is 1. The number of aliphatic hydroxyl groups excluding tert-OH is 1. The smallest absolute Gasteiger partial charge is 0.290 e. The lowest BCUT2D eigenvalue weighted by Gasteiger charge is -2.25. The van der Waals surface area contributed by atoms with E-state index >= 15 is 0 Å². The molecule has 0 unspecified atom stereocenters. The number of amides is 2. The van der Waals surface area contributed by atoms with Crippen molar-refractivity contribution in [1.82, 2.24) is 20.3 Å². The Labute approximate surface area is 190 Å². The van der Waals surface area contributed by atoms with Crippen molar-refractivity contribution in [2.24, 2.45) is 0 Å². The zero-order chi connectivity index (χ0) is 22.5. The summed E-state index contributed by atoms with van der Waals surface area (Å²) in [7, 11) is 1.84. The molecule has 2 saturated heterocycles. The Morgan fingerprint density at radius 3 is 2.62 bits per heavy atom. The molecule has 2 aromatic heterocycles. The Bertz CT molecular complexity index is 1020. The van der Waals surface area contributed by atoms with E-state index in [-0.39, 0.29) is 6.61 Å². The Hall–Kier alpha value is -3.18. The monoisotopic (exact) mass is 455 g/mol. The van der Waals surface area contributed by atoms with Crippen molar-refractivity contribution in [2.75, 3.05) is 61.1 Å². The second-order valence-corrected chi connectivity index (χ2v) is 8.50. The summed E-state index contributed by atoms with van der Waals surface area (Å²) < 4.78 is 0. The van der Waals surface area contributed by atoms with Gasteiger partial charge in [-0.1, -0.05) is 0 Å². The molecular weight excluding hydrogens is 430 g/mol. The lowest BCUT2D eigenvalue weighted by molar-refractivity contribution is -0.115. The first-order valence-electron chi connectivity index (χ1n) is 10.4. The van der Waals surface area contributed by atoms with E-state index in [0.29, 0.717) is 28.9 Å². The zero-order valence-electron chi connectivity index (χ0n) is 17.8. The molecule has 0 bridgehead atoms. The van der Waals surface area contributed by atoms with E-state index in [2.05, 4.69) is 25.1 Å². The van der Waals surface area contributed by atoms with Crippen LogP contribution in [0.4, 0.5) is 22.2 Å². The van der Waals surface area contributed by atoms with Crippen molar-refractivity contribution >= 4 is 46.4 Å². The van der Waals surface area contributed by atoms with Gasteiger partial charge in [-0.25, -0.2) is 4.98 Å². The number of aromatic nitrogens is 3. The van der Waals surface area contributed by atoms with Gasteiger partial charge in [0.2, 0.25) is 5.95 Å². The molecule has 11 heteroatoms. The van der Waals surface area contributed by atoms with E-state index in [1.165, 1.54) is 0 Å². The van der Waals surface area contributed by atoms with Gasteiger partial charge in [0.1, 0.15) is 5.82 Å². The molecule has 32 heavy (non-hydrogen) atoms. The molecule has 2 aromatic rings. The quantitative estimate of drug-likeness (QED) is 0.618. The number of imide groups is 1. The molecule has 4 rings (SSSR count). The highest BCUT2D eigenvalue weighted by atomic mass is 32.2. The van der Waals surface area contributed by atoms with Crippen molar-refractivity contribution in [3.8, 4) is 0 Å². The summed E-state index contributed by atoms with van der Waals surface area (Å²) in [4.78, 5) is 43.6. The highest BCUT2D eigenvalue weighted by Crippen LogP contribution is 2.27.